The Hall–Kier alpha value is -2.02. The van der Waals surface area contributed by atoms with Crippen LogP contribution >= 0.6 is 0 Å². The molecule has 2 rings (SSSR count). The van der Waals surface area contributed by atoms with E-state index in [0.717, 1.165) is 31.9 Å². The van der Waals surface area contributed by atoms with Gasteiger partial charge in [-0.15, -0.1) is 0 Å². The minimum atomic E-state index is -0.0144. The molecule has 1 aliphatic heterocycles. The largest absolute Gasteiger partial charge is 0.479 e. The average molecular weight is 250 g/mol. The Balaban J connectivity index is 2.27. The summed E-state index contributed by atoms with van der Waals surface area (Å²) in [7, 11) is 1.59. The second-order valence-electron chi connectivity index (χ2n) is 3.97. The van der Waals surface area contributed by atoms with Crippen LogP contribution in [0.25, 0.3) is 0 Å². The zero-order valence-corrected chi connectivity index (χ0v) is 10.4. The van der Waals surface area contributed by atoms with Gasteiger partial charge in [0.25, 0.3) is 0 Å². The fourth-order valence-corrected chi connectivity index (χ4v) is 1.91. The zero-order chi connectivity index (χ0) is 13.0. The van der Waals surface area contributed by atoms with E-state index < -0.39 is 0 Å². The zero-order valence-electron chi connectivity index (χ0n) is 10.4. The van der Waals surface area contributed by atoms with Gasteiger partial charge in [-0.3, -0.25) is 0 Å². The Morgan fingerprint density at radius 2 is 2.11 bits per heavy atom. The smallest absolute Gasteiger partial charge is 0.239 e. The lowest BCUT2D eigenvalue weighted by atomic mass is 10.3. The first-order chi connectivity index (χ1) is 8.70. The summed E-state index contributed by atoms with van der Waals surface area (Å²) >= 11 is 0. The van der Waals surface area contributed by atoms with Gasteiger partial charge in [-0.25, -0.2) is 0 Å². The number of aliphatic imine (C=N–C) groups is 1. The molecule has 1 aromatic rings. The molecule has 0 amide bonds. The number of hydrogen-bond donors (Lipinski definition) is 3. The number of anilines is 1. The number of rotatable bonds is 3. The van der Waals surface area contributed by atoms with E-state index in [9.17, 15) is 0 Å². The molecule has 5 N–H and O–H groups in total. The molecule has 1 fully saturated rings. The maximum absolute atomic E-state index is 5.33. The molecular weight excluding hydrogens is 232 g/mol. The molecule has 2 heterocycles. The highest BCUT2D eigenvalue weighted by Crippen LogP contribution is 2.28. The van der Waals surface area contributed by atoms with E-state index in [-0.39, 0.29) is 5.96 Å². The highest BCUT2D eigenvalue weighted by molar-refractivity contribution is 5.78. The Morgan fingerprint density at radius 3 is 2.72 bits per heavy atom. The molecule has 0 atom stereocenters. The van der Waals surface area contributed by atoms with Crippen molar-refractivity contribution in [3.8, 4) is 5.88 Å². The molecule has 0 aromatic carbocycles. The van der Waals surface area contributed by atoms with Crippen LogP contribution < -0.4 is 26.4 Å². The summed E-state index contributed by atoms with van der Waals surface area (Å²) in [6.07, 6.45) is 0. The van der Waals surface area contributed by atoms with Crippen LogP contribution in [-0.4, -0.2) is 44.2 Å². The van der Waals surface area contributed by atoms with E-state index in [0.29, 0.717) is 11.7 Å². The van der Waals surface area contributed by atoms with Gasteiger partial charge in [0, 0.05) is 26.2 Å². The molecule has 7 heteroatoms. The van der Waals surface area contributed by atoms with Crippen molar-refractivity contribution in [1.82, 2.24) is 10.3 Å². The second-order valence-corrected chi connectivity index (χ2v) is 3.97. The Bertz CT molecular complexity index is 437. The lowest BCUT2D eigenvalue weighted by molar-refractivity contribution is 0.397. The van der Waals surface area contributed by atoms with Crippen molar-refractivity contribution in [2.75, 3.05) is 38.2 Å². The van der Waals surface area contributed by atoms with Crippen molar-refractivity contribution in [3.63, 3.8) is 0 Å². The topological polar surface area (TPSA) is 102 Å². The van der Waals surface area contributed by atoms with Gasteiger partial charge in [-0.2, -0.15) is 9.98 Å². The Morgan fingerprint density at radius 1 is 1.39 bits per heavy atom. The van der Waals surface area contributed by atoms with Gasteiger partial charge < -0.3 is 26.4 Å². The number of nitrogens with two attached hydrogens (primary N) is 2. The van der Waals surface area contributed by atoms with E-state index in [2.05, 4.69) is 20.2 Å². The van der Waals surface area contributed by atoms with E-state index >= 15 is 0 Å². The third-order valence-corrected chi connectivity index (χ3v) is 2.72. The number of pyridine rings is 1. The van der Waals surface area contributed by atoms with Crippen LogP contribution in [0.1, 0.15) is 0 Å². The number of piperazine rings is 1. The predicted molar refractivity (Wildman–Crippen MR) is 71.3 cm³/mol. The highest BCUT2D eigenvalue weighted by Gasteiger charge is 2.16. The lowest BCUT2D eigenvalue weighted by Gasteiger charge is -2.30. The van der Waals surface area contributed by atoms with Gasteiger partial charge >= 0.3 is 0 Å². The summed E-state index contributed by atoms with van der Waals surface area (Å²) < 4.78 is 5.30. The standard InChI is InChI=1S/C11H18N6O/c1-18-10-8(17-6-4-14-5-7-17)2-3-9(15-10)16-11(12)13/h2-3,14H,4-7H2,1H3,(H4,12,13,15,16). The van der Waals surface area contributed by atoms with Crippen molar-refractivity contribution in [3.05, 3.63) is 12.1 Å². The first-order valence-corrected chi connectivity index (χ1v) is 5.81. The van der Waals surface area contributed by atoms with Crippen molar-refractivity contribution in [2.24, 2.45) is 16.5 Å². The van der Waals surface area contributed by atoms with E-state index in [1.807, 2.05) is 6.07 Å². The van der Waals surface area contributed by atoms with Crippen molar-refractivity contribution in [1.29, 1.82) is 0 Å². The highest BCUT2D eigenvalue weighted by atomic mass is 16.5. The molecule has 1 saturated heterocycles. The van der Waals surface area contributed by atoms with Gasteiger partial charge in [0.15, 0.2) is 11.8 Å². The van der Waals surface area contributed by atoms with Crippen molar-refractivity contribution in [2.45, 2.75) is 0 Å². The van der Waals surface area contributed by atoms with Crippen LogP contribution in [0.3, 0.4) is 0 Å². The lowest BCUT2D eigenvalue weighted by Crippen LogP contribution is -2.43. The average Bonchev–Trinajstić information content (AvgIpc) is 2.39. The number of aromatic nitrogens is 1. The minimum Gasteiger partial charge on any atom is -0.479 e. The number of methoxy groups -OCH3 is 1. The SMILES string of the molecule is COc1nc(N=C(N)N)ccc1N1CCNCC1. The van der Waals surface area contributed by atoms with Gasteiger partial charge in [-0.05, 0) is 12.1 Å². The predicted octanol–water partition coefficient (Wildman–Crippen LogP) is -0.595. The molecule has 1 aromatic heterocycles. The summed E-state index contributed by atoms with van der Waals surface area (Å²) in [6.45, 7) is 3.77. The van der Waals surface area contributed by atoms with Crippen LogP contribution in [-0.2, 0) is 0 Å². The quantitative estimate of drug-likeness (QED) is 0.489. The summed E-state index contributed by atoms with van der Waals surface area (Å²) in [5.74, 6) is 0.976. The second kappa shape index (κ2) is 5.54. The van der Waals surface area contributed by atoms with Gasteiger partial charge in [-0.1, -0.05) is 0 Å². The fourth-order valence-electron chi connectivity index (χ4n) is 1.91. The first-order valence-electron chi connectivity index (χ1n) is 5.81. The first kappa shape index (κ1) is 12.4. The number of nitrogens with zero attached hydrogens (tertiary/aromatic N) is 3. The van der Waals surface area contributed by atoms with Crippen molar-refractivity contribution >= 4 is 17.5 Å². The third-order valence-electron chi connectivity index (χ3n) is 2.72. The van der Waals surface area contributed by atoms with Crippen molar-refractivity contribution < 1.29 is 4.74 Å². The monoisotopic (exact) mass is 250 g/mol. The fraction of sp³-hybridized carbons (Fsp3) is 0.455. The molecule has 18 heavy (non-hydrogen) atoms. The summed E-state index contributed by atoms with van der Waals surface area (Å²) in [5.41, 5.74) is 11.6. The van der Waals surface area contributed by atoms with Crippen LogP contribution in [0.5, 0.6) is 5.88 Å². The molecule has 0 radical (unpaired) electrons. The Kier molecular flexibility index (Phi) is 3.83. The van der Waals surface area contributed by atoms with E-state index in [1.54, 1.807) is 13.2 Å². The number of nitrogens with one attached hydrogen (secondary N) is 1. The molecule has 0 aliphatic carbocycles. The number of guanidine groups is 1. The number of ether oxygens (including phenoxy) is 1. The van der Waals surface area contributed by atoms with E-state index in [1.165, 1.54) is 0 Å². The summed E-state index contributed by atoms with van der Waals surface area (Å²) in [4.78, 5) is 10.4. The maximum Gasteiger partial charge on any atom is 0.239 e. The molecule has 0 saturated carbocycles. The van der Waals surface area contributed by atoms with E-state index in [4.69, 9.17) is 16.2 Å². The molecule has 0 bridgehead atoms. The molecular formula is C11H18N6O. The molecule has 7 nitrogen and oxygen atoms in total. The van der Waals surface area contributed by atoms with Crippen LogP contribution in [0.4, 0.5) is 11.5 Å². The van der Waals surface area contributed by atoms with Gasteiger partial charge in [0.1, 0.15) is 5.69 Å². The minimum absolute atomic E-state index is 0.0144. The molecule has 0 unspecified atom stereocenters. The normalized spacial score (nSPS) is 15.3. The number of hydrogen-bond acceptors (Lipinski definition) is 5. The third kappa shape index (κ3) is 2.80. The van der Waals surface area contributed by atoms with Crippen LogP contribution in [0.15, 0.2) is 17.1 Å². The maximum atomic E-state index is 5.33. The van der Waals surface area contributed by atoms with Crippen LogP contribution in [0.2, 0.25) is 0 Å². The summed E-state index contributed by atoms with van der Waals surface area (Å²) in [6, 6.07) is 3.71. The Labute approximate surface area is 106 Å². The van der Waals surface area contributed by atoms with Crippen LogP contribution in [0, 0.1) is 0 Å². The van der Waals surface area contributed by atoms with Gasteiger partial charge in [0.05, 0.1) is 7.11 Å². The molecule has 1 aliphatic rings. The summed E-state index contributed by atoms with van der Waals surface area (Å²) in [5, 5.41) is 3.30. The molecule has 98 valence electrons. The molecule has 0 spiro atoms. The van der Waals surface area contributed by atoms with Gasteiger partial charge in [0.2, 0.25) is 5.88 Å².